The minimum absolute atomic E-state index is 0.470. The minimum atomic E-state index is -1.30. The third kappa shape index (κ3) is 5.17. The lowest BCUT2D eigenvalue weighted by Gasteiger charge is -2.35. The Morgan fingerprint density at radius 3 is 2.42 bits per heavy atom. The monoisotopic (exact) mass is 434 g/mol. The van der Waals surface area contributed by atoms with Crippen LogP contribution in [0.2, 0.25) is 0 Å². The molecule has 3 aromatic carbocycles. The molecular weight excluding hydrogens is 404 g/mol. The molecule has 0 spiro atoms. The van der Waals surface area contributed by atoms with Gasteiger partial charge in [-0.15, -0.1) is 0 Å². The van der Waals surface area contributed by atoms with Gasteiger partial charge in [-0.1, -0.05) is 48.5 Å². The first kappa shape index (κ1) is 21.6. The minimum Gasteiger partial charge on any atom is -0.497 e. The summed E-state index contributed by atoms with van der Waals surface area (Å²) in [6.45, 7) is 2.91. The van der Waals surface area contributed by atoms with E-state index >= 15 is 0 Å². The number of methoxy groups -OCH3 is 1. The van der Waals surface area contributed by atoms with E-state index in [0.29, 0.717) is 5.92 Å². The SMILES string of the molecule is COc1ccc(N(CC2CCCN(C)C2)S(=O)c2ccccc2)c(-c2ccccc2)c1. The second-order valence-electron chi connectivity index (χ2n) is 8.14. The number of anilines is 1. The smallest absolute Gasteiger partial charge is 0.152 e. The molecule has 0 amide bonds. The Morgan fingerprint density at radius 2 is 1.74 bits per heavy atom. The molecule has 5 heteroatoms. The molecule has 4 nitrogen and oxygen atoms in total. The van der Waals surface area contributed by atoms with Gasteiger partial charge in [-0.2, -0.15) is 0 Å². The molecule has 0 N–H and O–H groups in total. The predicted octanol–water partition coefficient (Wildman–Crippen LogP) is 5.23. The third-order valence-electron chi connectivity index (χ3n) is 5.85. The Labute approximate surface area is 188 Å². The van der Waals surface area contributed by atoms with Crippen molar-refractivity contribution in [3.8, 4) is 16.9 Å². The van der Waals surface area contributed by atoms with Crippen molar-refractivity contribution < 1.29 is 8.95 Å². The van der Waals surface area contributed by atoms with Gasteiger partial charge in [0, 0.05) is 18.7 Å². The van der Waals surface area contributed by atoms with Gasteiger partial charge in [-0.3, -0.25) is 4.31 Å². The van der Waals surface area contributed by atoms with Gasteiger partial charge in [0.15, 0.2) is 11.0 Å². The topological polar surface area (TPSA) is 32.8 Å². The van der Waals surface area contributed by atoms with Gasteiger partial charge in [0.1, 0.15) is 5.75 Å². The quantitative estimate of drug-likeness (QED) is 0.510. The molecular formula is C26H30N2O2S. The van der Waals surface area contributed by atoms with Crippen molar-refractivity contribution in [1.82, 2.24) is 4.90 Å². The molecule has 2 unspecified atom stereocenters. The second kappa shape index (κ2) is 10.1. The van der Waals surface area contributed by atoms with E-state index in [9.17, 15) is 4.21 Å². The van der Waals surface area contributed by atoms with Gasteiger partial charge < -0.3 is 9.64 Å². The van der Waals surface area contributed by atoms with Gasteiger partial charge >= 0.3 is 0 Å². The average Bonchev–Trinajstić information content (AvgIpc) is 2.83. The van der Waals surface area contributed by atoms with Crippen LogP contribution in [0.1, 0.15) is 12.8 Å². The Hall–Kier alpha value is -2.63. The zero-order valence-corrected chi connectivity index (χ0v) is 19.1. The first-order valence-electron chi connectivity index (χ1n) is 10.8. The summed E-state index contributed by atoms with van der Waals surface area (Å²) in [7, 11) is 2.55. The molecule has 4 rings (SSSR count). The van der Waals surface area contributed by atoms with Crippen LogP contribution in [0.15, 0.2) is 83.8 Å². The van der Waals surface area contributed by atoms with Crippen LogP contribution in [0.3, 0.4) is 0 Å². The highest BCUT2D eigenvalue weighted by molar-refractivity contribution is 7.86. The van der Waals surface area contributed by atoms with E-state index in [2.05, 4.69) is 34.5 Å². The summed E-state index contributed by atoms with van der Waals surface area (Å²) in [4.78, 5) is 3.20. The van der Waals surface area contributed by atoms with E-state index in [0.717, 1.165) is 53.5 Å². The molecule has 3 aromatic rings. The predicted molar refractivity (Wildman–Crippen MR) is 129 cm³/mol. The van der Waals surface area contributed by atoms with E-state index in [1.807, 2.05) is 60.7 Å². The molecule has 31 heavy (non-hydrogen) atoms. The Balaban J connectivity index is 1.78. The van der Waals surface area contributed by atoms with Crippen LogP contribution in [0, 0.1) is 5.92 Å². The third-order valence-corrected chi connectivity index (χ3v) is 7.27. The van der Waals surface area contributed by atoms with Crippen LogP contribution in [0.4, 0.5) is 5.69 Å². The van der Waals surface area contributed by atoms with E-state index in [-0.39, 0.29) is 0 Å². The number of hydrogen-bond acceptors (Lipinski definition) is 3. The summed E-state index contributed by atoms with van der Waals surface area (Å²) < 4.78 is 21.4. The number of benzene rings is 3. The summed E-state index contributed by atoms with van der Waals surface area (Å²) in [5, 5.41) is 0. The number of nitrogens with zero attached hydrogens (tertiary/aromatic N) is 2. The fourth-order valence-corrected chi connectivity index (χ4v) is 5.61. The lowest BCUT2D eigenvalue weighted by Crippen LogP contribution is -2.40. The molecule has 1 fully saturated rings. The highest BCUT2D eigenvalue weighted by atomic mass is 32.2. The lowest BCUT2D eigenvalue weighted by atomic mass is 9.97. The Morgan fingerprint density at radius 1 is 1.03 bits per heavy atom. The molecule has 1 aliphatic heterocycles. The first-order valence-corrected chi connectivity index (χ1v) is 11.9. The van der Waals surface area contributed by atoms with Crippen LogP contribution in [-0.2, 0) is 11.0 Å². The fourth-order valence-electron chi connectivity index (χ4n) is 4.28. The van der Waals surface area contributed by atoms with Crippen molar-refractivity contribution in [2.45, 2.75) is 17.7 Å². The molecule has 0 saturated carbocycles. The van der Waals surface area contributed by atoms with Crippen molar-refractivity contribution >= 4 is 16.7 Å². The van der Waals surface area contributed by atoms with Crippen molar-refractivity contribution in [1.29, 1.82) is 0 Å². The van der Waals surface area contributed by atoms with Crippen LogP contribution in [0.5, 0.6) is 5.75 Å². The zero-order chi connectivity index (χ0) is 21.6. The lowest BCUT2D eigenvalue weighted by molar-refractivity contribution is 0.215. The fraction of sp³-hybridized carbons (Fsp3) is 0.308. The van der Waals surface area contributed by atoms with Crippen molar-refractivity contribution in [3.05, 3.63) is 78.9 Å². The molecule has 162 valence electrons. The second-order valence-corrected chi connectivity index (χ2v) is 9.55. The van der Waals surface area contributed by atoms with E-state index in [4.69, 9.17) is 4.74 Å². The highest BCUT2D eigenvalue weighted by Crippen LogP contribution is 2.37. The molecule has 0 bridgehead atoms. The molecule has 0 aliphatic carbocycles. The molecule has 1 heterocycles. The average molecular weight is 435 g/mol. The van der Waals surface area contributed by atoms with Gasteiger partial charge in [-0.25, -0.2) is 4.21 Å². The van der Waals surface area contributed by atoms with Crippen LogP contribution >= 0.6 is 0 Å². The number of rotatable bonds is 7. The van der Waals surface area contributed by atoms with Crippen LogP contribution < -0.4 is 9.04 Å². The van der Waals surface area contributed by atoms with Crippen molar-refractivity contribution in [3.63, 3.8) is 0 Å². The summed E-state index contributed by atoms with van der Waals surface area (Å²) in [5.41, 5.74) is 3.10. The standard InChI is InChI=1S/C26H30N2O2S/c1-27-17-9-10-21(19-27)20-28(31(29)24-13-7-4-8-14-24)26-16-15-23(30-2)18-25(26)22-11-5-3-6-12-22/h3-8,11-16,18,21H,9-10,17,19-20H2,1-2H3. The first-order chi connectivity index (χ1) is 15.2. The Kier molecular flexibility index (Phi) is 7.05. The summed E-state index contributed by atoms with van der Waals surface area (Å²) in [6.07, 6.45) is 2.34. The maximum absolute atomic E-state index is 13.8. The van der Waals surface area contributed by atoms with Crippen molar-refractivity contribution in [2.24, 2.45) is 5.92 Å². The van der Waals surface area contributed by atoms with Crippen LogP contribution in [-0.4, -0.2) is 42.9 Å². The maximum atomic E-state index is 13.8. The summed E-state index contributed by atoms with van der Waals surface area (Å²) in [6, 6.07) is 26.1. The van der Waals surface area contributed by atoms with E-state index in [1.54, 1.807) is 7.11 Å². The van der Waals surface area contributed by atoms with Gasteiger partial charge in [0.05, 0.1) is 17.7 Å². The number of hydrogen-bond donors (Lipinski definition) is 0. The number of likely N-dealkylation sites (tertiary alicyclic amines) is 1. The Bertz CT molecular complexity index is 1010. The van der Waals surface area contributed by atoms with E-state index < -0.39 is 11.0 Å². The maximum Gasteiger partial charge on any atom is 0.152 e. The highest BCUT2D eigenvalue weighted by Gasteiger charge is 2.26. The van der Waals surface area contributed by atoms with Crippen LogP contribution in [0.25, 0.3) is 11.1 Å². The van der Waals surface area contributed by atoms with Gasteiger partial charge in [0.25, 0.3) is 0 Å². The molecule has 0 radical (unpaired) electrons. The largest absolute Gasteiger partial charge is 0.497 e. The molecule has 2 atom stereocenters. The number of ether oxygens (including phenoxy) is 1. The van der Waals surface area contributed by atoms with Gasteiger partial charge in [0.2, 0.25) is 0 Å². The van der Waals surface area contributed by atoms with Crippen molar-refractivity contribution in [2.75, 3.05) is 38.1 Å². The molecule has 0 aromatic heterocycles. The normalized spacial score (nSPS) is 17.8. The summed E-state index contributed by atoms with van der Waals surface area (Å²) >= 11 is 0. The number of piperidine rings is 1. The zero-order valence-electron chi connectivity index (χ0n) is 18.2. The molecule has 1 aliphatic rings. The molecule has 1 saturated heterocycles. The van der Waals surface area contributed by atoms with E-state index in [1.165, 1.54) is 6.42 Å². The van der Waals surface area contributed by atoms with Gasteiger partial charge in [-0.05, 0) is 68.2 Å². The summed E-state index contributed by atoms with van der Waals surface area (Å²) in [5.74, 6) is 1.27.